The fraction of sp³-hybridized carbons (Fsp3) is 0.417. The number of carbonyl (C=O) groups is 2. The van der Waals surface area contributed by atoms with Crippen molar-refractivity contribution in [2.75, 3.05) is 33.9 Å². The van der Waals surface area contributed by atoms with Gasteiger partial charge in [-0.15, -0.1) is 0 Å². The van der Waals surface area contributed by atoms with Crippen molar-refractivity contribution in [1.82, 2.24) is 9.80 Å². The lowest BCUT2D eigenvalue weighted by Crippen LogP contribution is -2.58. The van der Waals surface area contributed by atoms with Crippen molar-refractivity contribution >= 4 is 12.2 Å². The summed E-state index contributed by atoms with van der Waals surface area (Å²) in [5.41, 5.74) is 1.26. The molecular formula is C24H29FN2O5. The SMILES string of the molecule is COc1cc(OC)c(C=O)c(OCC(=O)N2C[C@@H](C)N(Cc3ccc(F)cc3)C[C@@H]2C)c1. The van der Waals surface area contributed by atoms with E-state index in [1.807, 2.05) is 6.92 Å². The molecule has 1 amide bonds. The number of methoxy groups -OCH3 is 2. The molecular weight excluding hydrogens is 415 g/mol. The molecule has 0 radical (unpaired) electrons. The normalized spacial score (nSPS) is 18.8. The summed E-state index contributed by atoms with van der Waals surface area (Å²) < 4.78 is 29.3. The van der Waals surface area contributed by atoms with Crippen LogP contribution >= 0.6 is 0 Å². The van der Waals surface area contributed by atoms with Gasteiger partial charge in [-0.2, -0.15) is 0 Å². The van der Waals surface area contributed by atoms with E-state index in [9.17, 15) is 14.0 Å². The van der Waals surface area contributed by atoms with Gasteiger partial charge in [-0.05, 0) is 31.5 Å². The lowest BCUT2D eigenvalue weighted by molar-refractivity contribution is -0.139. The summed E-state index contributed by atoms with van der Waals surface area (Å²) >= 11 is 0. The van der Waals surface area contributed by atoms with Crippen molar-refractivity contribution in [1.29, 1.82) is 0 Å². The Bertz CT molecular complexity index is 950. The minimum Gasteiger partial charge on any atom is -0.496 e. The molecule has 1 heterocycles. The first kappa shape index (κ1) is 23.5. The second kappa shape index (κ2) is 10.5. The van der Waals surface area contributed by atoms with Gasteiger partial charge in [-0.3, -0.25) is 14.5 Å². The highest BCUT2D eigenvalue weighted by Crippen LogP contribution is 2.33. The largest absolute Gasteiger partial charge is 0.496 e. The summed E-state index contributed by atoms with van der Waals surface area (Å²) in [6.07, 6.45) is 0.636. The number of aldehydes is 1. The predicted octanol–water partition coefficient (Wildman–Crippen LogP) is 3.16. The first-order valence-electron chi connectivity index (χ1n) is 10.5. The van der Waals surface area contributed by atoms with Crippen LogP contribution < -0.4 is 14.2 Å². The fourth-order valence-corrected chi connectivity index (χ4v) is 3.91. The van der Waals surface area contributed by atoms with E-state index in [1.165, 1.54) is 26.4 Å². The van der Waals surface area contributed by atoms with Gasteiger partial charge in [0.15, 0.2) is 12.9 Å². The van der Waals surface area contributed by atoms with Gasteiger partial charge in [0.25, 0.3) is 5.91 Å². The molecule has 1 aliphatic heterocycles. The lowest BCUT2D eigenvalue weighted by atomic mass is 10.1. The molecule has 0 unspecified atom stereocenters. The van der Waals surface area contributed by atoms with Crippen molar-refractivity contribution in [3.8, 4) is 17.2 Å². The maximum atomic E-state index is 13.2. The van der Waals surface area contributed by atoms with E-state index >= 15 is 0 Å². The minimum atomic E-state index is -0.253. The molecule has 8 heteroatoms. The Morgan fingerprint density at radius 2 is 1.75 bits per heavy atom. The van der Waals surface area contributed by atoms with Crippen molar-refractivity contribution < 1.29 is 28.2 Å². The fourth-order valence-electron chi connectivity index (χ4n) is 3.91. The minimum absolute atomic E-state index is 0.0202. The van der Waals surface area contributed by atoms with Crippen molar-refractivity contribution in [3.05, 3.63) is 53.3 Å². The summed E-state index contributed by atoms with van der Waals surface area (Å²) in [7, 11) is 2.95. The number of hydrogen-bond donors (Lipinski definition) is 0. The topological polar surface area (TPSA) is 68.3 Å². The molecule has 7 nitrogen and oxygen atoms in total. The molecule has 32 heavy (non-hydrogen) atoms. The zero-order valence-electron chi connectivity index (χ0n) is 18.8. The number of nitrogens with zero attached hydrogens (tertiary/aromatic N) is 2. The number of carbonyl (C=O) groups excluding carboxylic acids is 2. The molecule has 172 valence electrons. The van der Waals surface area contributed by atoms with Crippen molar-refractivity contribution in [3.63, 3.8) is 0 Å². The molecule has 2 atom stereocenters. The van der Waals surface area contributed by atoms with Gasteiger partial charge in [-0.1, -0.05) is 12.1 Å². The Morgan fingerprint density at radius 1 is 1.06 bits per heavy atom. The number of piperazine rings is 1. The zero-order valence-corrected chi connectivity index (χ0v) is 18.8. The molecule has 1 aliphatic rings. The third-order valence-electron chi connectivity index (χ3n) is 5.74. The molecule has 2 aromatic carbocycles. The third-order valence-corrected chi connectivity index (χ3v) is 5.74. The van der Waals surface area contributed by atoms with Crippen LogP contribution in [0.1, 0.15) is 29.8 Å². The molecule has 3 rings (SSSR count). The van der Waals surface area contributed by atoms with Crippen LogP contribution in [0.5, 0.6) is 17.2 Å². The van der Waals surface area contributed by atoms with Gasteiger partial charge in [-0.25, -0.2) is 4.39 Å². The van der Waals surface area contributed by atoms with Gasteiger partial charge in [0.1, 0.15) is 23.1 Å². The smallest absolute Gasteiger partial charge is 0.260 e. The molecule has 2 aromatic rings. The number of ether oxygens (including phenoxy) is 3. The van der Waals surface area contributed by atoms with Crippen molar-refractivity contribution in [2.45, 2.75) is 32.5 Å². The highest BCUT2D eigenvalue weighted by atomic mass is 19.1. The van der Waals surface area contributed by atoms with Crippen LogP contribution in [0.25, 0.3) is 0 Å². The second-order valence-corrected chi connectivity index (χ2v) is 7.95. The number of halogens is 1. The first-order chi connectivity index (χ1) is 15.4. The van der Waals surface area contributed by atoms with Crippen LogP contribution in [0.4, 0.5) is 4.39 Å². The van der Waals surface area contributed by atoms with Crippen LogP contribution in [-0.4, -0.2) is 68.0 Å². The Morgan fingerprint density at radius 3 is 2.38 bits per heavy atom. The van der Waals surface area contributed by atoms with E-state index in [0.29, 0.717) is 37.4 Å². The van der Waals surface area contributed by atoms with Crippen LogP contribution in [-0.2, 0) is 11.3 Å². The number of benzene rings is 2. The van der Waals surface area contributed by atoms with E-state index in [0.717, 1.165) is 5.56 Å². The summed E-state index contributed by atoms with van der Waals surface area (Å²) in [4.78, 5) is 28.5. The molecule has 0 N–H and O–H groups in total. The van der Waals surface area contributed by atoms with Gasteiger partial charge in [0.2, 0.25) is 0 Å². The summed E-state index contributed by atoms with van der Waals surface area (Å²) in [6, 6.07) is 9.74. The van der Waals surface area contributed by atoms with Crippen LogP contribution in [0, 0.1) is 5.82 Å². The van der Waals surface area contributed by atoms with Gasteiger partial charge in [0.05, 0.1) is 19.8 Å². The second-order valence-electron chi connectivity index (χ2n) is 7.95. The molecule has 1 fully saturated rings. The quantitative estimate of drug-likeness (QED) is 0.583. The average Bonchev–Trinajstić information content (AvgIpc) is 2.80. The summed E-state index contributed by atoms with van der Waals surface area (Å²) in [6.45, 7) is 5.78. The van der Waals surface area contributed by atoms with Gasteiger partial charge >= 0.3 is 0 Å². The molecule has 0 spiro atoms. The van der Waals surface area contributed by atoms with E-state index in [4.69, 9.17) is 14.2 Å². The van der Waals surface area contributed by atoms with E-state index in [2.05, 4.69) is 11.8 Å². The Kier molecular flexibility index (Phi) is 7.69. The lowest BCUT2D eigenvalue weighted by Gasteiger charge is -2.44. The monoisotopic (exact) mass is 444 g/mol. The van der Waals surface area contributed by atoms with Gasteiger partial charge in [0, 0.05) is 43.9 Å². The van der Waals surface area contributed by atoms with Crippen LogP contribution in [0.15, 0.2) is 36.4 Å². The van der Waals surface area contributed by atoms with Crippen LogP contribution in [0.3, 0.4) is 0 Å². The number of amides is 1. The molecule has 0 bridgehead atoms. The van der Waals surface area contributed by atoms with Crippen LogP contribution in [0.2, 0.25) is 0 Å². The molecule has 0 aromatic heterocycles. The average molecular weight is 445 g/mol. The summed E-state index contributed by atoms with van der Waals surface area (Å²) in [5, 5.41) is 0. The standard InChI is InChI=1S/C24H29FN2O5/c1-16-12-27(17(2)11-26(16)13-18-5-7-19(25)8-6-18)24(29)15-32-23-10-20(30-3)9-22(31-4)21(23)14-28/h5-10,14,16-17H,11-13,15H2,1-4H3/t16-,17+/m1/s1. The maximum absolute atomic E-state index is 13.2. The Hall–Kier alpha value is -3.13. The van der Waals surface area contributed by atoms with E-state index in [1.54, 1.807) is 29.2 Å². The highest BCUT2D eigenvalue weighted by Gasteiger charge is 2.32. The number of rotatable bonds is 8. The molecule has 0 aliphatic carbocycles. The molecule has 1 saturated heterocycles. The van der Waals surface area contributed by atoms with E-state index < -0.39 is 0 Å². The maximum Gasteiger partial charge on any atom is 0.260 e. The number of hydrogen-bond acceptors (Lipinski definition) is 6. The Labute approximate surface area is 187 Å². The Balaban J connectivity index is 1.64. The van der Waals surface area contributed by atoms with E-state index in [-0.39, 0.29) is 41.7 Å². The third kappa shape index (κ3) is 5.37. The zero-order chi connectivity index (χ0) is 23.3. The predicted molar refractivity (Wildman–Crippen MR) is 118 cm³/mol. The first-order valence-corrected chi connectivity index (χ1v) is 10.5. The molecule has 0 saturated carbocycles. The van der Waals surface area contributed by atoms with Crippen molar-refractivity contribution in [2.24, 2.45) is 0 Å². The highest BCUT2D eigenvalue weighted by molar-refractivity contribution is 5.85. The van der Waals surface area contributed by atoms with Gasteiger partial charge < -0.3 is 19.1 Å². The summed E-state index contributed by atoms with van der Waals surface area (Å²) in [5.74, 6) is 0.603.